The molecule has 0 rings (SSSR count). The van der Waals surface area contributed by atoms with E-state index in [0.29, 0.717) is 52.9 Å². The van der Waals surface area contributed by atoms with Crippen molar-refractivity contribution in [3.05, 3.63) is 0 Å². The zero-order valence-corrected chi connectivity index (χ0v) is 21.0. The Hall–Kier alpha value is 1.63. The van der Waals surface area contributed by atoms with E-state index in [-0.39, 0.29) is 59.1 Å². The molecule has 0 unspecified atom stereocenters. The van der Waals surface area contributed by atoms with Crippen molar-refractivity contribution in [3.63, 3.8) is 0 Å². The van der Waals surface area contributed by atoms with Gasteiger partial charge in [0.05, 0.1) is 52.9 Å². The molecule has 0 N–H and O–H groups in total. The SMILES string of the molecule is COCCOCCOC.COCCOCCOC.O=S(=O)([O-])[O-].[Na+].[Na+]. The molecule has 0 fully saturated rings. The van der Waals surface area contributed by atoms with Crippen LogP contribution in [0.2, 0.25) is 0 Å². The fraction of sp³-hybridized carbons (Fsp3) is 1.00. The van der Waals surface area contributed by atoms with Gasteiger partial charge in [-0.05, 0) is 0 Å². The summed E-state index contributed by atoms with van der Waals surface area (Å²) < 4.78 is 63.2. The van der Waals surface area contributed by atoms with Gasteiger partial charge >= 0.3 is 59.1 Å². The van der Waals surface area contributed by atoms with Crippen molar-refractivity contribution >= 4 is 10.4 Å². The molecule has 0 aliphatic carbocycles. The third-order valence-electron chi connectivity index (χ3n) is 1.73. The normalized spacial score (nSPS) is 9.52. The summed E-state index contributed by atoms with van der Waals surface area (Å²) in [4.78, 5) is 0. The molecule has 0 heterocycles. The summed E-state index contributed by atoms with van der Waals surface area (Å²) in [5.41, 5.74) is 0. The largest absolute Gasteiger partial charge is 1.00 e. The van der Waals surface area contributed by atoms with Crippen LogP contribution in [-0.4, -0.2) is 98.8 Å². The van der Waals surface area contributed by atoms with E-state index in [2.05, 4.69) is 0 Å². The molecule has 0 aliphatic heterocycles. The Balaban J connectivity index is -0.0000000800. The van der Waals surface area contributed by atoms with Crippen LogP contribution in [0.1, 0.15) is 0 Å². The van der Waals surface area contributed by atoms with E-state index >= 15 is 0 Å². The van der Waals surface area contributed by atoms with Crippen molar-refractivity contribution in [2.24, 2.45) is 0 Å². The molecule has 13 heteroatoms. The van der Waals surface area contributed by atoms with Gasteiger partial charge in [0.1, 0.15) is 0 Å². The molecule has 10 nitrogen and oxygen atoms in total. The maximum absolute atomic E-state index is 8.52. The van der Waals surface area contributed by atoms with Gasteiger partial charge in [0, 0.05) is 38.8 Å². The van der Waals surface area contributed by atoms with Gasteiger partial charge in [-0.1, -0.05) is 0 Å². The van der Waals surface area contributed by atoms with Gasteiger partial charge < -0.3 is 37.5 Å². The van der Waals surface area contributed by atoms with Crippen LogP contribution >= 0.6 is 0 Å². The zero-order valence-electron chi connectivity index (χ0n) is 16.1. The predicted octanol–water partition coefficient (Wildman–Crippen LogP) is -6.74. The summed E-state index contributed by atoms with van der Waals surface area (Å²) in [6, 6.07) is 0. The first kappa shape index (κ1) is 37.4. The Morgan fingerprint density at radius 2 is 0.720 bits per heavy atom. The second-order valence-corrected chi connectivity index (χ2v) is 4.42. The first-order valence-corrected chi connectivity index (χ1v) is 7.94. The van der Waals surface area contributed by atoms with E-state index in [1.807, 2.05) is 0 Å². The Morgan fingerprint density at radius 3 is 0.840 bits per heavy atom. The van der Waals surface area contributed by atoms with Gasteiger partial charge in [-0.2, -0.15) is 0 Å². The van der Waals surface area contributed by atoms with Crippen LogP contribution in [0.25, 0.3) is 0 Å². The molecule has 0 saturated carbocycles. The minimum absolute atomic E-state index is 0. The van der Waals surface area contributed by atoms with E-state index in [9.17, 15) is 0 Å². The average Bonchev–Trinajstić information content (AvgIpc) is 2.46. The molecule has 0 aromatic carbocycles. The van der Waals surface area contributed by atoms with Crippen LogP contribution in [-0.2, 0) is 38.8 Å². The van der Waals surface area contributed by atoms with Crippen LogP contribution in [0.15, 0.2) is 0 Å². The summed E-state index contributed by atoms with van der Waals surface area (Å²) in [5, 5.41) is 0. The van der Waals surface area contributed by atoms with Gasteiger partial charge in [-0.3, -0.25) is 8.42 Å². The summed E-state index contributed by atoms with van der Waals surface area (Å²) in [6.45, 7) is 5.24. The number of rotatable bonds is 12. The Bertz CT molecular complexity index is 260. The monoisotopic (exact) mass is 410 g/mol. The first-order valence-electron chi connectivity index (χ1n) is 6.61. The van der Waals surface area contributed by atoms with E-state index in [0.717, 1.165) is 0 Å². The van der Waals surface area contributed by atoms with Crippen LogP contribution in [0.3, 0.4) is 0 Å². The minimum atomic E-state index is -5.17. The van der Waals surface area contributed by atoms with Gasteiger partial charge in [0.25, 0.3) is 0 Å². The minimum Gasteiger partial charge on any atom is -0.759 e. The van der Waals surface area contributed by atoms with Crippen LogP contribution in [0, 0.1) is 0 Å². The van der Waals surface area contributed by atoms with Crippen LogP contribution in [0.4, 0.5) is 0 Å². The summed E-state index contributed by atoms with van der Waals surface area (Å²) >= 11 is 0. The van der Waals surface area contributed by atoms with Gasteiger partial charge in [-0.15, -0.1) is 0 Å². The quantitative estimate of drug-likeness (QED) is 0.132. The number of methoxy groups -OCH3 is 4. The van der Waals surface area contributed by atoms with Crippen LogP contribution in [0.5, 0.6) is 0 Å². The maximum Gasteiger partial charge on any atom is 1.00 e. The number of ether oxygens (including phenoxy) is 6. The molecular weight excluding hydrogens is 382 g/mol. The third kappa shape index (κ3) is 77.0. The number of hydrogen-bond acceptors (Lipinski definition) is 10. The van der Waals surface area contributed by atoms with E-state index in [1.54, 1.807) is 28.4 Å². The summed E-state index contributed by atoms with van der Waals surface area (Å²) in [6.07, 6.45) is 0. The fourth-order valence-electron chi connectivity index (χ4n) is 0.773. The van der Waals surface area contributed by atoms with Crippen molar-refractivity contribution < 1.29 is 105 Å². The molecule has 0 aromatic rings. The smallest absolute Gasteiger partial charge is 0.759 e. The van der Waals surface area contributed by atoms with Gasteiger partial charge in [-0.25, -0.2) is 0 Å². The third-order valence-corrected chi connectivity index (χ3v) is 1.73. The Morgan fingerprint density at radius 1 is 0.560 bits per heavy atom. The maximum atomic E-state index is 8.52. The predicted molar refractivity (Wildman–Crippen MR) is 79.6 cm³/mol. The molecule has 0 spiro atoms. The number of hydrogen-bond donors (Lipinski definition) is 0. The first-order chi connectivity index (χ1) is 10.8. The van der Waals surface area contributed by atoms with Gasteiger partial charge in [0.15, 0.2) is 0 Å². The second kappa shape index (κ2) is 33.2. The Kier molecular flexibility index (Phi) is 49.7. The summed E-state index contributed by atoms with van der Waals surface area (Å²) in [5.74, 6) is 0. The van der Waals surface area contributed by atoms with Gasteiger partial charge in [0.2, 0.25) is 0 Å². The van der Waals surface area contributed by atoms with Crippen molar-refractivity contribution in [1.29, 1.82) is 0 Å². The average molecular weight is 410 g/mol. The molecule has 0 bridgehead atoms. The van der Waals surface area contributed by atoms with Crippen molar-refractivity contribution in [2.75, 3.05) is 81.3 Å². The standard InChI is InChI=1S/2C6H14O3.2Na.H2O4S/c2*1-7-3-5-9-6-4-8-2;;;1-5(2,3)4/h2*3-6H2,1-2H3;;;(H2,1,2,3,4)/q;;2*+1;/p-2. The Labute approximate surface area is 195 Å². The van der Waals surface area contributed by atoms with Crippen LogP contribution < -0.4 is 59.1 Å². The summed E-state index contributed by atoms with van der Waals surface area (Å²) in [7, 11) is 1.44. The molecule has 0 aliphatic rings. The van der Waals surface area contributed by atoms with Crippen molar-refractivity contribution in [1.82, 2.24) is 0 Å². The second-order valence-electron chi connectivity index (χ2n) is 3.60. The molecule has 25 heavy (non-hydrogen) atoms. The van der Waals surface area contributed by atoms with Crippen molar-refractivity contribution in [2.45, 2.75) is 0 Å². The molecule has 0 radical (unpaired) electrons. The fourth-order valence-corrected chi connectivity index (χ4v) is 0.773. The molecule has 0 aromatic heterocycles. The molecule has 0 amide bonds. The molecule has 0 atom stereocenters. The van der Waals surface area contributed by atoms with E-state index in [1.165, 1.54) is 0 Å². The molecule has 144 valence electrons. The van der Waals surface area contributed by atoms with Crippen molar-refractivity contribution in [3.8, 4) is 0 Å². The molecule has 0 saturated heterocycles. The molecular formula is C12H28Na2O10S. The topological polar surface area (TPSA) is 136 Å². The van der Waals surface area contributed by atoms with E-state index < -0.39 is 10.4 Å². The van der Waals surface area contributed by atoms with E-state index in [4.69, 9.17) is 45.9 Å². The zero-order chi connectivity index (χ0) is 18.4.